The predicted molar refractivity (Wildman–Crippen MR) is 65.6 cm³/mol. The van der Waals surface area contributed by atoms with Gasteiger partial charge in [-0.3, -0.25) is 14.9 Å². The minimum Gasteiger partial charge on any atom is -0.481 e. The van der Waals surface area contributed by atoms with E-state index in [-0.39, 0.29) is 17.9 Å². The summed E-state index contributed by atoms with van der Waals surface area (Å²) in [7, 11) is 0. The van der Waals surface area contributed by atoms with Gasteiger partial charge in [-0.25, -0.2) is 4.98 Å². The van der Waals surface area contributed by atoms with Gasteiger partial charge >= 0.3 is 11.7 Å². The number of carbonyl (C=O) groups is 1. The van der Waals surface area contributed by atoms with Gasteiger partial charge in [0, 0.05) is 24.7 Å². The number of nitrogens with one attached hydrogen (secondary N) is 1. The Hall–Kier alpha value is -2.18. The van der Waals surface area contributed by atoms with Gasteiger partial charge < -0.3 is 10.4 Å². The number of unbranched alkanes of at least 4 members (excludes halogenated alkanes) is 1. The van der Waals surface area contributed by atoms with Crippen molar-refractivity contribution in [1.82, 2.24) is 4.98 Å². The molecule has 1 heterocycles. The third-order valence-electron chi connectivity index (χ3n) is 2.32. The number of nitro groups is 1. The van der Waals surface area contributed by atoms with Gasteiger partial charge in [0.15, 0.2) is 0 Å². The van der Waals surface area contributed by atoms with E-state index in [1.54, 1.807) is 13.0 Å². The van der Waals surface area contributed by atoms with Crippen LogP contribution in [0.2, 0.25) is 0 Å². The van der Waals surface area contributed by atoms with Crippen molar-refractivity contribution in [2.75, 3.05) is 11.9 Å². The summed E-state index contributed by atoms with van der Waals surface area (Å²) < 4.78 is 0. The summed E-state index contributed by atoms with van der Waals surface area (Å²) in [6, 6.07) is 2.98. The summed E-state index contributed by atoms with van der Waals surface area (Å²) in [5.74, 6) is -0.606. The quantitative estimate of drug-likeness (QED) is 0.437. The average molecular weight is 253 g/mol. The first-order valence-electron chi connectivity index (χ1n) is 5.58. The van der Waals surface area contributed by atoms with Crippen molar-refractivity contribution >= 4 is 17.5 Å². The Bertz CT molecular complexity index is 448. The van der Waals surface area contributed by atoms with Crippen LogP contribution in [0.25, 0.3) is 0 Å². The van der Waals surface area contributed by atoms with E-state index in [9.17, 15) is 14.9 Å². The van der Waals surface area contributed by atoms with Crippen molar-refractivity contribution < 1.29 is 14.8 Å². The van der Waals surface area contributed by atoms with Crippen molar-refractivity contribution in [3.63, 3.8) is 0 Å². The average Bonchev–Trinajstić information content (AvgIpc) is 2.27. The van der Waals surface area contributed by atoms with Crippen LogP contribution in [0.5, 0.6) is 0 Å². The molecule has 1 rings (SSSR count). The first kappa shape index (κ1) is 13.9. The topological polar surface area (TPSA) is 105 Å². The molecule has 0 spiro atoms. The molecule has 0 bridgehead atoms. The lowest BCUT2D eigenvalue weighted by molar-refractivity contribution is -0.384. The first-order chi connectivity index (χ1) is 8.50. The van der Waals surface area contributed by atoms with Crippen LogP contribution in [0.4, 0.5) is 11.5 Å². The third-order valence-corrected chi connectivity index (χ3v) is 2.32. The molecule has 0 fully saturated rings. The molecular formula is C11H15N3O4. The van der Waals surface area contributed by atoms with Gasteiger partial charge in [-0.2, -0.15) is 0 Å². The Balaban J connectivity index is 2.53. The number of pyridine rings is 1. The summed E-state index contributed by atoms with van der Waals surface area (Å²) >= 11 is 0. The lowest BCUT2D eigenvalue weighted by atomic mass is 10.2. The largest absolute Gasteiger partial charge is 0.481 e. The van der Waals surface area contributed by atoms with Crippen LogP contribution >= 0.6 is 0 Å². The number of carboxylic acids is 1. The summed E-state index contributed by atoms with van der Waals surface area (Å²) in [6.45, 7) is 2.21. The fourth-order valence-electron chi connectivity index (χ4n) is 1.43. The number of hydrogen-bond acceptors (Lipinski definition) is 5. The van der Waals surface area contributed by atoms with Gasteiger partial charge in [-0.1, -0.05) is 0 Å². The lowest BCUT2D eigenvalue weighted by Gasteiger charge is -2.06. The van der Waals surface area contributed by atoms with Crippen molar-refractivity contribution in [2.45, 2.75) is 26.2 Å². The van der Waals surface area contributed by atoms with E-state index in [0.29, 0.717) is 25.1 Å². The maximum absolute atomic E-state index is 10.8. The smallest absolute Gasteiger partial charge is 0.311 e. The number of nitrogens with zero attached hydrogens (tertiary/aromatic N) is 2. The molecule has 0 aliphatic carbocycles. The number of aryl methyl sites for hydroxylation is 1. The first-order valence-corrected chi connectivity index (χ1v) is 5.58. The SMILES string of the molecule is Cc1ccc([N+](=O)[O-])c(NCCCCC(=O)O)n1. The van der Waals surface area contributed by atoms with Gasteiger partial charge in [0.25, 0.3) is 0 Å². The van der Waals surface area contributed by atoms with E-state index in [2.05, 4.69) is 10.3 Å². The van der Waals surface area contributed by atoms with Gasteiger partial charge in [0.1, 0.15) is 0 Å². The summed E-state index contributed by atoms with van der Waals surface area (Å²) in [6.07, 6.45) is 1.26. The van der Waals surface area contributed by atoms with Gasteiger partial charge in [0.05, 0.1) is 4.92 Å². The van der Waals surface area contributed by atoms with E-state index in [0.717, 1.165) is 0 Å². The van der Waals surface area contributed by atoms with Crippen LogP contribution in [0.3, 0.4) is 0 Å². The van der Waals surface area contributed by atoms with Gasteiger partial charge in [-0.15, -0.1) is 0 Å². The second-order valence-corrected chi connectivity index (χ2v) is 3.86. The Kier molecular flexibility index (Phi) is 5.04. The molecule has 0 saturated heterocycles. The molecule has 1 aromatic heterocycles. The highest BCUT2D eigenvalue weighted by Gasteiger charge is 2.14. The normalized spacial score (nSPS) is 10.1. The van der Waals surface area contributed by atoms with Crippen LogP contribution in [0.1, 0.15) is 25.0 Å². The maximum Gasteiger partial charge on any atom is 0.311 e. The van der Waals surface area contributed by atoms with Crippen molar-refractivity contribution in [2.24, 2.45) is 0 Å². The molecule has 0 radical (unpaired) electrons. The monoisotopic (exact) mass is 253 g/mol. The molecule has 0 unspecified atom stereocenters. The molecule has 7 nitrogen and oxygen atoms in total. The molecule has 2 N–H and O–H groups in total. The van der Waals surface area contributed by atoms with Gasteiger partial charge in [-0.05, 0) is 25.8 Å². The zero-order valence-corrected chi connectivity index (χ0v) is 10.0. The highest BCUT2D eigenvalue weighted by atomic mass is 16.6. The second-order valence-electron chi connectivity index (χ2n) is 3.86. The fourth-order valence-corrected chi connectivity index (χ4v) is 1.43. The van der Waals surface area contributed by atoms with E-state index in [4.69, 9.17) is 5.11 Å². The zero-order chi connectivity index (χ0) is 13.5. The number of rotatable bonds is 7. The molecule has 18 heavy (non-hydrogen) atoms. The predicted octanol–water partition coefficient (Wildman–Crippen LogP) is 1.97. The highest BCUT2D eigenvalue weighted by molar-refractivity contribution is 5.66. The Morgan fingerprint density at radius 1 is 1.50 bits per heavy atom. The van der Waals surface area contributed by atoms with E-state index in [1.807, 2.05) is 0 Å². The minimum atomic E-state index is -0.838. The molecule has 0 atom stereocenters. The standard InChI is InChI=1S/C11H15N3O4/c1-8-5-6-9(14(17)18)11(13-8)12-7-3-2-4-10(15)16/h5-6H,2-4,7H2,1H3,(H,12,13)(H,15,16). The molecule has 0 aliphatic rings. The number of hydrogen-bond donors (Lipinski definition) is 2. The van der Waals surface area contributed by atoms with E-state index < -0.39 is 10.9 Å². The molecular weight excluding hydrogens is 238 g/mol. The molecule has 0 aliphatic heterocycles. The molecule has 0 amide bonds. The third kappa shape index (κ3) is 4.36. The molecule has 0 aromatic carbocycles. The molecule has 0 saturated carbocycles. The van der Waals surface area contributed by atoms with E-state index >= 15 is 0 Å². The highest BCUT2D eigenvalue weighted by Crippen LogP contribution is 2.21. The lowest BCUT2D eigenvalue weighted by Crippen LogP contribution is -2.07. The van der Waals surface area contributed by atoms with Crippen molar-refractivity contribution in [1.29, 1.82) is 0 Å². The van der Waals surface area contributed by atoms with Crippen molar-refractivity contribution in [3.8, 4) is 0 Å². The number of aliphatic carboxylic acids is 1. The Morgan fingerprint density at radius 3 is 2.83 bits per heavy atom. The van der Waals surface area contributed by atoms with Crippen LogP contribution in [0.15, 0.2) is 12.1 Å². The van der Waals surface area contributed by atoms with Crippen LogP contribution in [-0.2, 0) is 4.79 Å². The second kappa shape index (κ2) is 6.53. The molecule has 1 aromatic rings. The number of carboxylic acid groups (broad SMARTS) is 1. The summed E-state index contributed by atoms with van der Waals surface area (Å²) in [5.41, 5.74) is 0.618. The van der Waals surface area contributed by atoms with Crippen LogP contribution < -0.4 is 5.32 Å². The van der Waals surface area contributed by atoms with Gasteiger partial charge in [0.2, 0.25) is 5.82 Å². The molecule has 7 heteroatoms. The number of anilines is 1. The zero-order valence-electron chi connectivity index (χ0n) is 10.0. The Morgan fingerprint density at radius 2 is 2.22 bits per heavy atom. The number of aromatic nitrogens is 1. The van der Waals surface area contributed by atoms with Crippen LogP contribution in [0, 0.1) is 17.0 Å². The summed E-state index contributed by atoms with van der Waals surface area (Å²) in [5, 5.41) is 22.1. The van der Waals surface area contributed by atoms with Crippen LogP contribution in [-0.4, -0.2) is 27.5 Å². The maximum atomic E-state index is 10.8. The Labute approximate surface area is 104 Å². The van der Waals surface area contributed by atoms with Crippen molar-refractivity contribution in [3.05, 3.63) is 27.9 Å². The molecule has 98 valence electrons. The fraction of sp³-hybridized carbons (Fsp3) is 0.455. The summed E-state index contributed by atoms with van der Waals surface area (Å²) in [4.78, 5) is 24.6. The van der Waals surface area contributed by atoms with E-state index in [1.165, 1.54) is 6.07 Å². The minimum absolute atomic E-state index is 0.0705.